The Morgan fingerprint density at radius 2 is 1.91 bits per heavy atom. The fraction of sp³-hybridized carbons (Fsp3) is 0.133. The van der Waals surface area contributed by atoms with Crippen molar-refractivity contribution >= 4 is 26.8 Å². The summed E-state index contributed by atoms with van der Waals surface area (Å²) in [5, 5.41) is 0.596. The summed E-state index contributed by atoms with van der Waals surface area (Å²) in [5.41, 5.74) is 0.709. The first-order chi connectivity index (χ1) is 11.1. The molecule has 0 aliphatic heterocycles. The Balaban J connectivity index is 1.66. The summed E-state index contributed by atoms with van der Waals surface area (Å²) in [4.78, 5) is 4.33. The summed E-state index contributed by atoms with van der Waals surface area (Å²) in [6, 6.07) is 13.5. The van der Waals surface area contributed by atoms with Gasteiger partial charge in [0.2, 0.25) is 15.0 Å². The maximum atomic E-state index is 12.4. The van der Waals surface area contributed by atoms with Gasteiger partial charge in [-0.15, -0.1) is 0 Å². The molecule has 0 amide bonds. The largest absolute Gasteiger partial charge is 0.610 e. The van der Waals surface area contributed by atoms with Crippen molar-refractivity contribution in [3.05, 3.63) is 60.9 Å². The van der Waals surface area contributed by atoms with Crippen LogP contribution in [-0.2, 0) is 21.2 Å². The van der Waals surface area contributed by atoms with Gasteiger partial charge in [-0.1, -0.05) is 24.3 Å². The van der Waals surface area contributed by atoms with E-state index < -0.39 is 21.2 Å². The maximum absolute atomic E-state index is 12.4. The molecule has 0 bridgehead atoms. The lowest BCUT2D eigenvalue weighted by atomic mass is 10.4. The van der Waals surface area contributed by atoms with Gasteiger partial charge in [-0.25, -0.2) is 18.1 Å². The Bertz CT molecular complexity index is 894. The van der Waals surface area contributed by atoms with E-state index in [-0.39, 0.29) is 17.2 Å². The topological polar surface area (TPSA) is 86.5 Å². The van der Waals surface area contributed by atoms with E-state index in [2.05, 4.69) is 9.71 Å². The highest BCUT2D eigenvalue weighted by atomic mass is 32.2. The van der Waals surface area contributed by atoms with E-state index >= 15 is 0 Å². The van der Waals surface area contributed by atoms with Gasteiger partial charge in [-0.3, -0.25) is 4.40 Å². The third kappa shape index (κ3) is 3.56. The number of rotatable bonds is 6. The zero-order valence-corrected chi connectivity index (χ0v) is 13.8. The minimum Gasteiger partial charge on any atom is -0.610 e. The first kappa shape index (κ1) is 16.0. The van der Waals surface area contributed by atoms with Crippen molar-refractivity contribution < 1.29 is 13.0 Å². The number of hydrogen-bond donors (Lipinski definition) is 1. The molecular weight excluding hydrogens is 334 g/mol. The normalized spacial score (nSPS) is 13.3. The molecule has 3 aromatic rings. The molecule has 0 radical (unpaired) electrons. The fourth-order valence-electron chi connectivity index (χ4n) is 2.16. The van der Waals surface area contributed by atoms with Crippen LogP contribution in [0, 0.1) is 0 Å². The molecular formula is C15H15N3O3S2. The van der Waals surface area contributed by atoms with Crippen molar-refractivity contribution in [3.63, 3.8) is 0 Å². The van der Waals surface area contributed by atoms with Crippen LogP contribution >= 0.6 is 0 Å². The van der Waals surface area contributed by atoms with Gasteiger partial charge >= 0.3 is 0 Å². The number of nitrogens with one attached hydrogen (secondary N) is 1. The van der Waals surface area contributed by atoms with Crippen molar-refractivity contribution in [1.29, 1.82) is 0 Å². The highest BCUT2D eigenvalue weighted by molar-refractivity contribution is 7.91. The Kier molecular flexibility index (Phi) is 4.67. The Morgan fingerprint density at radius 3 is 2.70 bits per heavy atom. The molecule has 0 spiro atoms. The average molecular weight is 349 g/mol. The molecule has 2 aromatic heterocycles. The summed E-state index contributed by atoms with van der Waals surface area (Å²) in [5.74, 6) is 0.184. The highest BCUT2D eigenvalue weighted by Crippen LogP contribution is 2.14. The van der Waals surface area contributed by atoms with E-state index in [0.717, 1.165) is 0 Å². The zero-order valence-electron chi connectivity index (χ0n) is 12.1. The van der Waals surface area contributed by atoms with Crippen molar-refractivity contribution in [2.45, 2.75) is 9.92 Å². The SMILES string of the molecule is O=S(=O)(NCC[S+]([O-])c1cccc2nccn12)c1ccccc1. The second kappa shape index (κ2) is 6.71. The molecule has 23 heavy (non-hydrogen) atoms. The molecule has 1 unspecified atom stereocenters. The van der Waals surface area contributed by atoms with Crippen LogP contribution in [0.4, 0.5) is 0 Å². The van der Waals surface area contributed by atoms with Crippen LogP contribution in [-0.4, -0.2) is 34.7 Å². The Morgan fingerprint density at radius 1 is 1.13 bits per heavy atom. The lowest BCUT2D eigenvalue weighted by Crippen LogP contribution is -2.29. The Hall–Kier alpha value is -1.87. The van der Waals surface area contributed by atoms with E-state index in [1.54, 1.807) is 47.1 Å². The van der Waals surface area contributed by atoms with Crippen molar-refractivity contribution in [3.8, 4) is 0 Å². The zero-order chi connectivity index (χ0) is 16.3. The molecule has 120 valence electrons. The molecule has 6 nitrogen and oxygen atoms in total. The number of sulfonamides is 1. The number of hydrogen-bond acceptors (Lipinski definition) is 4. The summed E-state index contributed by atoms with van der Waals surface area (Å²) in [7, 11) is -3.57. The average Bonchev–Trinajstić information content (AvgIpc) is 3.04. The summed E-state index contributed by atoms with van der Waals surface area (Å²) >= 11 is -1.33. The predicted octanol–water partition coefficient (Wildman–Crippen LogP) is 1.42. The molecule has 3 rings (SSSR count). The quantitative estimate of drug-likeness (QED) is 0.682. The van der Waals surface area contributed by atoms with Crippen LogP contribution in [0.1, 0.15) is 0 Å². The molecule has 1 atom stereocenters. The molecule has 2 heterocycles. The first-order valence-electron chi connectivity index (χ1n) is 6.93. The van der Waals surface area contributed by atoms with Gasteiger partial charge in [-0.2, -0.15) is 0 Å². The number of nitrogens with zero attached hydrogens (tertiary/aromatic N) is 2. The molecule has 0 fully saturated rings. The number of aromatic nitrogens is 2. The number of pyridine rings is 1. The lowest BCUT2D eigenvalue weighted by Gasteiger charge is -2.12. The molecule has 0 aliphatic carbocycles. The molecule has 1 N–H and O–H groups in total. The standard InChI is InChI=1S/C15H15N3O3S2/c19-22(15-8-4-7-14-16-9-11-18(14)15)12-10-17-23(20,21)13-5-2-1-3-6-13/h1-9,11,17H,10,12H2. The van der Waals surface area contributed by atoms with Gasteiger partial charge in [0.25, 0.3) is 0 Å². The van der Waals surface area contributed by atoms with E-state index in [4.69, 9.17) is 0 Å². The smallest absolute Gasteiger partial charge is 0.240 e. The van der Waals surface area contributed by atoms with Crippen molar-refractivity contribution in [2.24, 2.45) is 0 Å². The summed E-state index contributed by atoms with van der Waals surface area (Å²) < 4.78 is 40.8. The second-order valence-corrected chi connectivity index (χ2v) is 8.06. The van der Waals surface area contributed by atoms with Crippen LogP contribution in [0.5, 0.6) is 0 Å². The Labute approximate surface area is 137 Å². The third-order valence-electron chi connectivity index (χ3n) is 3.26. The van der Waals surface area contributed by atoms with E-state index in [0.29, 0.717) is 10.7 Å². The van der Waals surface area contributed by atoms with Gasteiger partial charge < -0.3 is 4.55 Å². The van der Waals surface area contributed by atoms with E-state index in [1.807, 2.05) is 6.07 Å². The number of fused-ring (bicyclic) bond motifs is 1. The van der Waals surface area contributed by atoms with E-state index in [1.165, 1.54) is 12.1 Å². The molecule has 0 aliphatic rings. The van der Waals surface area contributed by atoms with Crippen LogP contribution in [0.25, 0.3) is 5.65 Å². The number of imidazole rings is 1. The van der Waals surface area contributed by atoms with Gasteiger partial charge in [0.05, 0.1) is 11.4 Å². The summed E-state index contributed by atoms with van der Waals surface area (Å²) in [6.45, 7) is 0.0922. The minimum absolute atomic E-state index is 0.0922. The minimum atomic E-state index is -3.57. The van der Waals surface area contributed by atoms with Gasteiger partial charge in [0.15, 0.2) is 0 Å². The number of benzene rings is 1. The maximum Gasteiger partial charge on any atom is 0.240 e. The lowest BCUT2D eigenvalue weighted by molar-refractivity contribution is 0.578. The van der Waals surface area contributed by atoms with Crippen LogP contribution in [0.2, 0.25) is 0 Å². The van der Waals surface area contributed by atoms with Crippen LogP contribution in [0.3, 0.4) is 0 Å². The predicted molar refractivity (Wildman–Crippen MR) is 88.1 cm³/mol. The molecule has 0 saturated carbocycles. The van der Waals surface area contributed by atoms with Crippen LogP contribution < -0.4 is 4.72 Å². The van der Waals surface area contributed by atoms with Crippen molar-refractivity contribution in [1.82, 2.24) is 14.1 Å². The monoisotopic (exact) mass is 349 g/mol. The second-order valence-electron chi connectivity index (χ2n) is 4.78. The van der Waals surface area contributed by atoms with Gasteiger partial charge in [0, 0.05) is 29.6 Å². The van der Waals surface area contributed by atoms with Gasteiger partial charge in [0.1, 0.15) is 11.4 Å². The highest BCUT2D eigenvalue weighted by Gasteiger charge is 2.18. The third-order valence-corrected chi connectivity index (χ3v) is 6.11. The fourth-order valence-corrected chi connectivity index (χ4v) is 4.45. The van der Waals surface area contributed by atoms with Crippen molar-refractivity contribution in [2.75, 3.05) is 12.3 Å². The molecule has 1 aromatic carbocycles. The van der Waals surface area contributed by atoms with Crippen LogP contribution in [0.15, 0.2) is 70.8 Å². The first-order valence-corrected chi connectivity index (χ1v) is 9.73. The van der Waals surface area contributed by atoms with E-state index in [9.17, 15) is 13.0 Å². The molecule has 0 saturated heterocycles. The summed E-state index contributed by atoms with van der Waals surface area (Å²) in [6.07, 6.45) is 3.37. The molecule has 8 heteroatoms. The van der Waals surface area contributed by atoms with Gasteiger partial charge in [-0.05, 0) is 18.2 Å².